The van der Waals surface area contributed by atoms with Crippen LogP contribution in [0, 0.1) is 0 Å². The topological polar surface area (TPSA) is 121 Å². The molecule has 0 aromatic carbocycles. The highest BCUT2D eigenvalue weighted by Crippen LogP contribution is 2.35. The maximum absolute atomic E-state index is 10.3. The first-order valence-corrected chi connectivity index (χ1v) is 5.43. The minimum absolute atomic E-state index is 0.191. The molecule has 0 amide bonds. The maximum Gasteiger partial charge on any atom is 0.469 e. The molecule has 0 saturated carbocycles. The molecule has 8 heteroatoms. The number of phosphoric acid groups is 1. The average Bonchev–Trinajstić information content (AvgIpc) is 2.52. The molecular formula is C6H12N3O4P. The summed E-state index contributed by atoms with van der Waals surface area (Å²) in [6.45, 7) is -0.191. The Bertz CT molecular complexity index is 309. The monoisotopic (exact) mass is 221 g/mol. The van der Waals surface area contributed by atoms with Crippen LogP contribution in [0.2, 0.25) is 0 Å². The molecule has 0 aliphatic heterocycles. The molecule has 0 spiro atoms. The normalized spacial score (nSPS) is 14.2. The van der Waals surface area contributed by atoms with E-state index >= 15 is 0 Å². The van der Waals surface area contributed by atoms with Crippen molar-refractivity contribution in [1.82, 2.24) is 9.97 Å². The number of imidazole rings is 1. The number of aromatic nitrogens is 2. The quantitative estimate of drug-likeness (QED) is 0.492. The molecule has 0 saturated heterocycles. The summed E-state index contributed by atoms with van der Waals surface area (Å²) in [6.07, 6.45) is 3.53. The van der Waals surface area contributed by atoms with E-state index in [2.05, 4.69) is 14.5 Å². The van der Waals surface area contributed by atoms with E-state index in [1.54, 1.807) is 6.20 Å². The molecular weight excluding hydrogens is 209 g/mol. The van der Waals surface area contributed by atoms with Crippen LogP contribution in [0.15, 0.2) is 12.5 Å². The van der Waals surface area contributed by atoms with Crippen molar-refractivity contribution in [2.24, 2.45) is 5.73 Å². The van der Waals surface area contributed by atoms with E-state index < -0.39 is 13.9 Å². The van der Waals surface area contributed by atoms with Crippen LogP contribution >= 0.6 is 7.82 Å². The number of H-pyrrole nitrogens is 1. The summed E-state index contributed by atoms with van der Waals surface area (Å²) < 4.78 is 14.6. The van der Waals surface area contributed by atoms with Crippen molar-refractivity contribution in [3.8, 4) is 0 Å². The van der Waals surface area contributed by atoms with Crippen molar-refractivity contribution in [2.45, 2.75) is 12.5 Å². The third-order valence-electron chi connectivity index (χ3n) is 1.49. The molecule has 0 radical (unpaired) electrons. The number of aromatic amines is 1. The fourth-order valence-electron chi connectivity index (χ4n) is 0.931. The van der Waals surface area contributed by atoms with Crippen LogP contribution in [0.1, 0.15) is 5.69 Å². The van der Waals surface area contributed by atoms with Crippen molar-refractivity contribution >= 4 is 7.82 Å². The van der Waals surface area contributed by atoms with E-state index in [1.807, 2.05) is 0 Å². The minimum atomic E-state index is -4.42. The number of phosphoric ester groups is 1. The molecule has 0 aliphatic rings. The molecule has 1 rings (SSSR count). The molecule has 1 aromatic heterocycles. The lowest BCUT2D eigenvalue weighted by Gasteiger charge is -2.11. The predicted octanol–water partition coefficient (Wildman–Crippen LogP) is -0.611. The number of rotatable bonds is 5. The summed E-state index contributed by atoms with van der Waals surface area (Å²) in [4.78, 5) is 23.4. The van der Waals surface area contributed by atoms with Crippen LogP contribution in [-0.4, -0.2) is 32.4 Å². The number of nitrogens with one attached hydrogen (secondary N) is 1. The Morgan fingerprint density at radius 3 is 2.93 bits per heavy atom. The van der Waals surface area contributed by atoms with Crippen molar-refractivity contribution in [1.29, 1.82) is 0 Å². The van der Waals surface area contributed by atoms with Gasteiger partial charge in [-0.25, -0.2) is 9.55 Å². The standard InChI is InChI=1S/C6H12N3O4P/c7-5(3-13-14(10,11)12)1-6-2-8-4-9-6/h2,4-5H,1,3,7H2,(H,8,9)(H2,10,11,12)/t5-/m1/s1. The Hall–Kier alpha value is -0.720. The van der Waals surface area contributed by atoms with Gasteiger partial charge in [-0.15, -0.1) is 0 Å². The SMILES string of the molecule is N[C@@H](COP(=O)(O)O)Cc1cnc[nH]1. The van der Waals surface area contributed by atoms with Gasteiger partial charge < -0.3 is 20.5 Å². The van der Waals surface area contributed by atoms with Crippen molar-refractivity contribution in [3.05, 3.63) is 18.2 Å². The predicted molar refractivity (Wildman–Crippen MR) is 48.3 cm³/mol. The van der Waals surface area contributed by atoms with E-state index in [-0.39, 0.29) is 6.61 Å². The fraction of sp³-hybridized carbons (Fsp3) is 0.500. The molecule has 7 nitrogen and oxygen atoms in total. The van der Waals surface area contributed by atoms with E-state index in [0.717, 1.165) is 5.69 Å². The van der Waals surface area contributed by atoms with Gasteiger partial charge in [-0.1, -0.05) is 0 Å². The smallest absolute Gasteiger partial charge is 0.348 e. The summed E-state index contributed by atoms with van der Waals surface area (Å²) in [7, 11) is -4.42. The zero-order chi connectivity index (χ0) is 10.6. The summed E-state index contributed by atoms with van der Waals surface area (Å²) >= 11 is 0. The molecule has 1 heterocycles. The van der Waals surface area contributed by atoms with Gasteiger partial charge in [-0.05, 0) is 0 Å². The molecule has 1 atom stereocenters. The summed E-state index contributed by atoms with van der Waals surface area (Å²) in [6, 6.07) is -0.469. The van der Waals surface area contributed by atoms with Crippen LogP contribution in [0.3, 0.4) is 0 Å². The van der Waals surface area contributed by atoms with Crippen LogP contribution in [0.25, 0.3) is 0 Å². The lowest BCUT2D eigenvalue weighted by Crippen LogP contribution is -2.28. The van der Waals surface area contributed by atoms with Crippen LogP contribution in [0.4, 0.5) is 0 Å². The molecule has 0 unspecified atom stereocenters. The lowest BCUT2D eigenvalue weighted by molar-refractivity contribution is 0.185. The van der Waals surface area contributed by atoms with Crippen molar-refractivity contribution < 1.29 is 18.9 Å². The Morgan fingerprint density at radius 2 is 2.43 bits per heavy atom. The second kappa shape index (κ2) is 4.68. The van der Waals surface area contributed by atoms with Gasteiger partial charge in [-0.3, -0.25) is 4.52 Å². The molecule has 0 bridgehead atoms. The van der Waals surface area contributed by atoms with Crippen molar-refractivity contribution in [2.75, 3.05) is 6.61 Å². The third kappa shape index (κ3) is 4.50. The first-order valence-electron chi connectivity index (χ1n) is 3.90. The van der Waals surface area contributed by atoms with E-state index in [1.165, 1.54) is 6.33 Å². The zero-order valence-corrected chi connectivity index (χ0v) is 8.22. The summed E-state index contributed by atoms with van der Waals surface area (Å²) in [5, 5.41) is 0. The molecule has 0 aliphatic carbocycles. The van der Waals surface area contributed by atoms with Gasteiger partial charge in [0.25, 0.3) is 0 Å². The molecule has 14 heavy (non-hydrogen) atoms. The largest absolute Gasteiger partial charge is 0.469 e. The highest BCUT2D eigenvalue weighted by atomic mass is 31.2. The number of nitrogens with two attached hydrogens (primary N) is 1. The Balaban J connectivity index is 2.30. The molecule has 0 fully saturated rings. The van der Waals surface area contributed by atoms with Crippen LogP contribution < -0.4 is 5.73 Å². The number of hydrogen-bond donors (Lipinski definition) is 4. The molecule has 80 valence electrons. The summed E-state index contributed by atoms with van der Waals surface area (Å²) in [5.74, 6) is 0. The third-order valence-corrected chi connectivity index (χ3v) is 1.98. The van der Waals surface area contributed by atoms with E-state index in [9.17, 15) is 4.57 Å². The first kappa shape index (κ1) is 11.4. The Kier molecular flexibility index (Phi) is 3.79. The lowest BCUT2D eigenvalue weighted by atomic mass is 10.2. The van der Waals surface area contributed by atoms with Gasteiger partial charge in [-0.2, -0.15) is 0 Å². The highest BCUT2D eigenvalue weighted by Gasteiger charge is 2.16. The molecule has 1 aromatic rings. The van der Waals surface area contributed by atoms with Gasteiger partial charge in [0.05, 0.1) is 12.9 Å². The second-order valence-electron chi connectivity index (χ2n) is 2.83. The Morgan fingerprint density at radius 1 is 1.71 bits per heavy atom. The van der Waals surface area contributed by atoms with Gasteiger partial charge >= 0.3 is 7.82 Å². The molecule has 5 N–H and O–H groups in total. The minimum Gasteiger partial charge on any atom is -0.348 e. The average molecular weight is 221 g/mol. The van der Waals surface area contributed by atoms with Gasteiger partial charge in [0.1, 0.15) is 0 Å². The van der Waals surface area contributed by atoms with E-state index in [0.29, 0.717) is 6.42 Å². The van der Waals surface area contributed by atoms with Crippen LogP contribution in [-0.2, 0) is 15.5 Å². The first-order chi connectivity index (χ1) is 6.47. The number of hydrogen-bond acceptors (Lipinski definition) is 4. The summed E-state index contributed by atoms with van der Waals surface area (Å²) in [5.41, 5.74) is 6.35. The highest BCUT2D eigenvalue weighted by molar-refractivity contribution is 7.46. The van der Waals surface area contributed by atoms with Gasteiger partial charge in [0.2, 0.25) is 0 Å². The van der Waals surface area contributed by atoms with Gasteiger partial charge in [0, 0.05) is 24.4 Å². The maximum atomic E-state index is 10.3. The zero-order valence-electron chi connectivity index (χ0n) is 7.33. The van der Waals surface area contributed by atoms with Crippen LogP contribution in [0.5, 0.6) is 0 Å². The van der Waals surface area contributed by atoms with E-state index in [4.69, 9.17) is 15.5 Å². The second-order valence-corrected chi connectivity index (χ2v) is 4.07. The Labute approximate surface area is 80.5 Å². The van der Waals surface area contributed by atoms with Crippen molar-refractivity contribution in [3.63, 3.8) is 0 Å². The number of nitrogens with zero attached hydrogens (tertiary/aromatic N) is 1. The fourth-order valence-corrected chi connectivity index (χ4v) is 1.32. The van der Waals surface area contributed by atoms with Gasteiger partial charge in [0.15, 0.2) is 0 Å².